The van der Waals surface area contributed by atoms with Gasteiger partial charge in [-0.25, -0.2) is 14.3 Å². The molecule has 1 amide bonds. The van der Waals surface area contributed by atoms with Crippen LogP contribution in [0.15, 0.2) is 101 Å². The Morgan fingerprint density at radius 3 is 1.76 bits per heavy atom. The van der Waals surface area contributed by atoms with Gasteiger partial charge in [-0.05, 0) is 73.1 Å². The fourth-order valence-electron chi connectivity index (χ4n) is 2.77. The molecule has 0 bridgehead atoms. The van der Waals surface area contributed by atoms with Crippen molar-refractivity contribution < 1.29 is 23.1 Å². The van der Waals surface area contributed by atoms with Gasteiger partial charge in [0, 0.05) is 4.47 Å². The SMILES string of the molecule is C=C(N(C(=O)OC(C)(C)C)c1ccccc1Br)P(=O)(Oc1ccccc1)Oc1ccccc1. The van der Waals surface area contributed by atoms with Crippen LogP contribution in [-0.4, -0.2) is 11.7 Å². The van der Waals surface area contributed by atoms with Crippen molar-refractivity contribution >= 4 is 35.3 Å². The number of ether oxygens (including phenoxy) is 1. The molecule has 3 aromatic rings. The number of carbonyl (C=O) groups excluding carboxylic acids is 1. The molecule has 0 aliphatic rings. The van der Waals surface area contributed by atoms with Crippen LogP contribution in [0.5, 0.6) is 11.5 Å². The fraction of sp³-hybridized carbons (Fsp3) is 0.160. The van der Waals surface area contributed by atoms with Crippen molar-refractivity contribution in [3.8, 4) is 11.5 Å². The number of halogens is 1. The smallest absolute Gasteiger partial charge is 0.443 e. The van der Waals surface area contributed by atoms with Crippen LogP contribution >= 0.6 is 23.5 Å². The summed E-state index contributed by atoms with van der Waals surface area (Å²) in [5.74, 6) is 0.600. The summed E-state index contributed by atoms with van der Waals surface area (Å²) in [6.07, 6.45) is -0.770. The molecule has 8 heteroatoms. The van der Waals surface area contributed by atoms with Crippen LogP contribution in [-0.2, 0) is 9.30 Å². The number of rotatable bonds is 7. The monoisotopic (exact) mass is 529 g/mol. The molecule has 0 atom stereocenters. The average molecular weight is 530 g/mol. The van der Waals surface area contributed by atoms with Crippen molar-refractivity contribution in [2.75, 3.05) is 4.90 Å². The number of amides is 1. The van der Waals surface area contributed by atoms with Gasteiger partial charge in [-0.3, -0.25) is 0 Å². The Morgan fingerprint density at radius 2 is 1.30 bits per heavy atom. The summed E-state index contributed by atoms with van der Waals surface area (Å²) in [6, 6.07) is 24.1. The molecule has 33 heavy (non-hydrogen) atoms. The first-order valence-electron chi connectivity index (χ1n) is 10.2. The average Bonchev–Trinajstić information content (AvgIpc) is 2.75. The Morgan fingerprint density at radius 1 is 0.848 bits per heavy atom. The highest BCUT2D eigenvalue weighted by molar-refractivity contribution is 9.10. The summed E-state index contributed by atoms with van der Waals surface area (Å²) in [5, 5.41) is 0. The molecule has 0 radical (unpaired) electrons. The maximum Gasteiger partial charge on any atom is 0.479 e. The lowest BCUT2D eigenvalue weighted by atomic mass is 10.2. The molecule has 172 valence electrons. The second kappa shape index (κ2) is 10.3. The molecule has 3 rings (SSSR count). The Hall–Kier alpha value is -3.02. The molecule has 0 spiro atoms. The van der Waals surface area contributed by atoms with E-state index in [1.165, 1.54) is 0 Å². The Balaban J connectivity index is 2.10. The lowest BCUT2D eigenvalue weighted by Gasteiger charge is -2.31. The molecule has 0 aliphatic carbocycles. The molecule has 0 fully saturated rings. The third-order valence-corrected chi connectivity index (χ3v) is 6.59. The number of carbonyl (C=O) groups is 1. The van der Waals surface area contributed by atoms with E-state index in [0.29, 0.717) is 21.7 Å². The lowest BCUT2D eigenvalue weighted by Crippen LogP contribution is -2.37. The van der Waals surface area contributed by atoms with Crippen LogP contribution in [0.25, 0.3) is 0 Å². The van der Waals surface area contributed by atoms with E-state index in [4.69, 9.17) is 13.8 Å². The first-order valence-corrected chi connectivity index (χ1v) is 12.5. The Labute approximate surface area is 202 Å². The van der Waals surface area contributed by atoms with Gasteiger partial charge in [-0.15, -0.1) is 0 Å². The standard InChI is InChI=1S/C25H25BrNO5P/c1-19(27(24(28)30-25(2,3)4)23-18-12-11-17-22(23)26)33(29,31-20-13-7-5-8-14-20)32-21-15-9-6-10-16-21/h5-18H,1H2,2-4H3. The van der Waals surface area contributed by atoms with E-state index in [2.05, 4.69) is 22.5 Å². The van der Waals surface area contributed by atoms with Crippen LogP contribution in [0.4, 0.5) is 10.5 Å². The predicted octanol–water partition coefficient (Wildman–Crippen LogP) is 8.01. The van der Waals surface area contributed by atoms with Gasteiger partial charge in [-0.1, -0.05) is 55.1 Å². The predicted molar refractivity (Wildman–Crippen MR) is 134 cm³/mol. The van der Waals surface area contributed by atoms with Crippen molar-refractivity contribution in [3.05, 3.63) is 101 Å². The largest absolute Gasteiger partial charge is 0.479 e. The molecule has 0 saturated carbocycles. The minimum Gasteiger partial charge on any atom is -0.443 e. The Bertz CT molecular complexity index is 1120. The highest BCUT2D eigenvalue weighted by Crippen LogP contribution is 2.57. The summed E-state index contributed by atoms with van der Waals surface area (Å²) < 4.78 is 32.1. The molecular weight excluding hydrogens is 505 g/mol. The van der Waals surface area contributed by atoms with E-state index in [9.17, 15) is 9.36 Å². The minimum absolute atomic E-state index is 0.198. The second-order valence-electron chi connectivity index (χ2n) is 7.99. The van der Waals surface area contributed by atoms with E-state index < -0.39 is 19.3 Å². The first-order chi connectivity index (χ1) is 15.6. The third kappa shape index (κ3) is 6.50. The molecule has 0 aromatic heterocycles. The van der Waals surface area contributed by atoms with Gasteiger partial charge in [0.05, 0.1) is 5.69 Å². The molecule has 0 aliphatic heterocycles. The molecular formula is C25H25BrNO5P. The highest BCUT2D eigenvalue weighted by Gasteiger charge is 2.41. The molecule has 0 saturated heterocycles. The van der Waals surface area contributed by atoms with E-state index in [0.717, 1.165) is 4.90 Å². The number of hydrogen-bond donors (Lipinski definition) is 0. The van der Waals surface area contributed by atoms with E-state index in [-0.39, 0.29) is 5.44 Å². The van der Waals surface area contributed by atoms with Crippen LogP contribution in [0, 0.1) is 0 Å². The van der Waals surface area contributed by atoms with E-state index in [1.807, 2.05) is 0 Å². The van der Waals surface area contributed by atoms with Gasteiger partial charge in [0.1, 0.15) is 17.1 Å². The number of nitrogens with zero attached hydrogens (tertiary/aromatic N) is 1. The summed E-state index contributed by atoms with van der Waals surface area (Å²) in [6.45, 7) is 9.21. The fourth-order valence-corrected chi connectivity index (χ4v) is 4.71. The molecule has 3 aromatic carbocycles. The first kappa shape index (κ1) is 24.6. The minimum atomic E-state index is -4.21. The van der Waals surface area contributed by atoms with Crippen LogP contribution in [0.3, 0.4) is 0 Å². The molecule has 6 nitrogen and oxygen atoms in total. The van der Waals surface area contributed by atoms with Gasteiger partial charge < -0.3 is 13.8 Å². The maximum absolute atomic E-state index is 14.2. The van der Waals surface area contributed by atoms with Crippen molar-refractivity contribution in [2.45, 2.75) is 26.4 Å². The summed E-state index contributed by atoms with van der Waals surface area (Å²) in [4.78, 5) is 14.4. The zero-order valence-corrected chi connectivity index (χ0v) is 21.1. The third-order valence-electron chi connectivity index (χ3n) is 4.18. The summed E-state index contributed by atoms with van der Waals surface area (Å²) in [5.41, 5.74) is -0.622. The number of hydrogen-bond acceptors (Lipinski definition) is 5. The summed E-state index contributed by atoms with van der Waals surface area (Å²) >= 11 is 3.45. The quantitative estimate of drug-likeness (QED) is 0.290. The van der Waals surface area contributed by atoms with Gasteiger partial charge in [0.25, 0.3) is 0 Å². The van der Waals surface area contributed by atoms with Crippen molar-refractivity contribution in [2.24, 2.45) is 0 Å². The van der Waals surface area contributed by atoms with Crippen molar-refractivity contribution in [1.29, 1.82) is 0 Å². The number of benzene rings is 3. The van der Waals surface area contributed by atoms with Gasteiger partial charge in [-0.2, -0.15) is 0 Å². The zero-order chi connectivity index (χ0) is 24.1. The normalized spacial score (nSPS) is 11.4. The van der Waals surface area contributed by atoms with E-state index in [1.54, 1.807) is 106 Å². The van der Waals surface area contributed by atoms with Gasteiger partial charge >= 0.3 is 13.7 Å². The molecule has 0 heterocycles. The maximum atomic E-state index is 14.2. The lowest BCUT2D eigenvalue weighted by molar-refractivity contribution is 0.0593. The van der Waals surface area contributed by atoms with Crippen LogP contribution < -0.4 is 13.9 Å². The topological polar surface area (TPSA) is 65.1 Å². The van der Waals surface area contributed by atoms with Crippen LogP contribution in [0.2, 0.25) is 0 Å². The molecule has 0 unspecified atom stereocenters. The van der Waals surface area contributed by atoms with E-state index >= 15 is 0 Å². The van der Waals surface area contributed by atoms with Gasteiger partial charge in [0.15, 0.2) is 5.44 Å². The van der Waals surface area contributed by atoms with Gasteiger partial charge in [0.2, 0.25) is 0 Å². The number of para-hydroxylation sites is 3. The molecule has 0 N–H and O–H groups in total. The Kier molecular flexibility index (Phi) is 7.67. The summed E-state index contributed by atoms with van der Waals surface area (Å²) in [7, 11) is -4.21. The van der Waals surface area contributed by atoms with Crippen LogP contribution in [0.1, 0.15) is 20.8 Å². The second-order valence-corrected chi connectivity index (χ2v) is 10.7. The van der Waals surface area contributed by atoms with Crippen molar-refractivity contribution in [1.82, 2.24) is 0 Å². The van der Waals surface area contributed by atoms with Crippen molar-refractivity contribution in [3.63, 3.8) is 0 Å². The highest BCUT2D eigenvalue weighted by atomic mass is 79.9. The zero-order valence-electron chi connectivity index (χ0n) is 18.6. The number of anilines is 1.